The lowest BCUT2D eigenvalue weighted by Gasteiger charge is -2.40. The van der Waals surface area contributed by atoms with Crippen LogP contribution in [-0.4, -0.2) is 29.1 Å². The smallest absolute Gasteiger partial charge is 0.279 e. The average Bonchev–Trinajstić information content (AvgIpc) is 2.65. The number of aryl methyl sites for hydroxylation is 1. The molecular formula is C21H24BrN3O3. The predicted octanol–water partition coefficient (Wildman–Crippen LogP) is 4.11. The second-order valence-electron chi connectivity index (χ2n) is 7.25. The van der Waals surface area contributed by atoms with E-state index >= 15 is 0 Å². The number of amides is 2. The van der Waals surface area contributed by atoms with Crippen LogP contribution >= 0.6 is 15.9 Å². The number of halogens is 1. The van der Waals surface area contributed by atoms with Crippen LogP contribution in [0.1, 0.15) is 36.7 Å². The molecule has 0 radical (unpaired) electrons. The number of nitrogens with zero attached hydrogens (tertiary/aromatic N) is 1. The van der Waals surface area contributed by atoms with Crippen LogP contribution in [0.3, 0.4) is 0 Å². The highest BCUT2D eigenvalue weighted by Gasteiger charge is 2.36. The zero-order valence-electron chi connectivity index (χ0n) is 16.3. The third-order valence-electron chi connectivity index (χ3n) is 4.58. The van der Waals surface area contributed by atoms with E-state index < -0.39 is 6.10 Å². The van der Waals surface area contributed by atoms with Gasteiger partial charge in [-0.2, -0.15) is 0 Å². The first kappa shape index (κ1) is 20.2. The molecular weight excluding hydrogens is 422 g/mol. The Bertz CT molecular complexity index is 883. The summed E-state index contributed by atoms with van der Waals surface area (Å²) in [4.78, 5) is 25.8. The molecule has 2 amide bonds. The van der Waals surface area contributed by atoms with Crippen molar-refractivity contribution in [1.82, 2.24) is 10.4 Å². The van der Waals surface area contributed by atoms with Gasteiger partial charge in [0.25, 0.3) is 11.8 Å². The van der Waals surface area contributed by atoms with Gasteiger partial charge in [-0.25, -0.2) is 5.01 Å². The summed E-state index contributed by atoms with van der Waals surface area (Å²) in [6.07, 6.45) is -1.12. The van der Waals surface area contributed by atoms with E-state index in [0.717, 1.165) is 15.7 Å². The molecule has 0 spiro atoms. The van der Waals surface area contributed by atoms with Crippen molar-refractivity contribution in [3.8, 4) is 5.75 Å². The highest BCUT2D eigenvalue weighted by atomic mass is 79.9. The van der Waals surface area contributed by atoms with Crippen molar-refractivity contribution in [2.45, 2.75) is 40.0 Å². The number of hydrazine groups is 1. The molecule has 2 aromatic rings. The molecule has 0 aliphatic carbocycles. The SMILES string of the molecule is Cc1ccc(OC(C)C(=O)NN2C(=O)c3cc(Br)ccc3NC2C(C)C)cc1. The number of hydrogen-bond donors (Lipinski definition) is 2. The van der Waals surface area contributed by atoms with E-state index in [4.69, 9.17) is 4.74 Å². The minimum absolute atomic E-state index is 0.0781. The molecule has 0 saturated heterocycles. The second-order valence-corrected chi connectivity index (χ2v) is 8.16. The van der Waals surface area contributed by atoms with Crippen LogP contribution in [0.4, 0.5) is 5.69 Å². The van der Waals surface area contributed by atoms with Gasteiger partial charge >= 0.3 is 0 Å². The maximum Gasteiger partial charge on any atom is 0.279 e. The Hall–Kier alpha value is -2.54. The number of fused-ring (bicyclic) bond motifs is 1. The van der Waals surface area contributed by atoms with Crippen LogP contribution in [0.2, 0.25) is 0 Å². The van der Waals surface area contributed by atoms with E-state index in [1.807, 2.05) is 57.2 Å². The first-order valence-corrected chi connectivity index (χ1v) is 9.99. The molecule has 148 valence electrons. The summed E-state index contributed by atoms with van der Waals surface area (Å²) < 4.78 is 6.51. The molecule has 2 atom stereocenters. The number of anilines is 1. The summed E-state index contributed by atoms with van der Waals surface area (Å²) in [5, 5.41) is 4.69. The molecule has 28 heavy (non-hydrogen) atoms. The van der Waals surface area contributed by atoms with Crippen molar-refractivity contribution in [2.75, 3.05) is 5.32 Å². The fourth-order valence-electron chi connectivity index (χ4n) is 2.97. The van der Waals surface area contributed by atoms with E-state index in [1.165, 1.54) is 5.01 Å². The highest BCUT2D eigenvalue weighted by Crippen LogP contribution is 2.29. The molecule has 7 heteroatoms. The molecule has 1 aliphatic heterocycles. The number of nitrogens with one attached hydrogen (secondary N) is 2. The minimum atomic E-state index is -0.757. The van der Waals surface area contributed by atoms with E-state index in [0.29, 0.717) is 11.3 Å². The molecule has 6 nitrogen and oxygen atoms in total. The third kappa shape index (κ3) is 4.30. The molecule has 0 aromatic heterocycles. The Morgan fingerprint density at radius 2 is 1.86 bits per heavy atom. The second kappa shape index (κ2) is 8.22. The van der Waals surface area contributed by atoms with Gasteiger partial charge in [-0.15, -0.1) is 0 Å². The normalized spacial score (nSPS) is 17.0. The van der Waals surface area contributed by atoms with Crippen molar-refractivity contribution >= 4 is 33.4 Å². The lowest BCUT2D eigenvalue weighted by Crippen LogP contribution is -2.60. The molecule has 1 heterocycles. The maximum atomic E-state index is 13.0. The minimum Gasteiger partial charge on any atom is -0.481 e. The topological polar surface area (TPSA) is 70.7 Å². The van der Waals surface area contributed by atoms with Crippen LogP contribution < -0.4 is 15.5 Å². The summed E-state index contributed by atoms with van der Waals surface area (Å²) in [6, 6.07) is 12.9. The summed E-state index contributed by atoms with van der Waals surface area (Å²) in [5.41, 5.74) is 5.09. The zero-order valence-corrected chi connectivity index (χ0v) is 17.9. The van der Waals surface area contributed by atoms with Gasteiger partial charge in [-0.3, -0.25) is 15.0 Å². The quantitative estimate of drug-likeness (QED) is 0.726. The van der Waals surface area contributed by atoms with Crippen molar-refractivity contribution in [3.63, 3.8) is 0 Å². The Labute approximate surface area is 173 Å². The van der Waals surface area contributed by atoms with Gasteiger partial charge in [0.15, 0.2) is 6.10 Å². The van der Waals surface area contributed by atoms with Gasteiger partial charge in [0, 0.05) is 10.2 Å². The van der Waals surface area contributed by atoms with Gasteiger partial charge < -0.3 is 10.1 Å². The van der Waals surface area contributed by atoms with Crippen molar-refractivity contribution in [1.29, 1.82) is 0 Å². The first-order chi connectivity index (χ1) is 13.3. The molecule has 1 aliphatic rings. The Morgan fingerprint density at radius 1 is 1.18 bits per heavy atom. The number of hydrogen-bond acceptors (Lipinski definition) is 4. The number of benzene rings is 2. The van der Waals surface area contributed by atoms with E-state index in [1.54, 1.807) is 13.0 Å². The Balaban J connectivity index is 1.77. The van der Waals surface area contributed by atoms with Gasteiger partial charge in [0.1, 0.15) is 11.9 Å². The molecule has 2 N–H and O–H groups in total. The van der Waals surface area contributed by atoms with Crippen molar-refractivity contribution < 1.29 is 14.3 Å². The van der Waals surface area contributed by atoms with Crippen LogP contribution in [0.5, 0.6) is 5.75 Å². The fraction of sp³-hybridized carbons (Fsp3) is 0.333. The van der Waals surface area contributed by atoms with Gasteiger partial charge in [-0.1, -0.05) is 47.5 Å². The largest absolute Gasteiger partial charge is 0.481 e. The average molecular weight is 446 g/mol. The summed E-state index contributed by atoms with van der Waals surface area (Å²) in [5.74, 6) is 0.0323. The molecule has 0 fully saturated rings. The number of carbonyl (C=O) groups excluding carboxylic acids is 2. The van der Waals surface area contributed by atoms with Gasteiger partial charge in [-0.05, 0) is 50.1 Å². The molecule has 3 rings (SSSR count). The van der Waals surface area contributed by atoms with E-state index in [9.17, 15) is 9.59 Å². The van der Waals surface area contributed by atoms with Gasteiger partial charge in [0.05, 0.1) is 5.56 Å². The van der Waals surface area contributed by atoms with E-state index in [-0.39, 0.29) is 23.9 Å². The highest BCUT2D eigenvalue weighted by molar-refractivity contribution is 9.10. The van der Waals surface area contributed by atoms with Crippen molar-refractivity contribution in [3.05, 3.63) is 58.1 Å². The van der Waals surface area contributed by atoms with Crippen LogP contribution in [0.15, 0.2) is 46.9 Å². The van der Waals surface area contributed by atoms with Crippen LogP contribution in [-0.2, 0) is 4.79 Å². The lowest BCUT2D eigenvalue weighted by atomic mass is 10.0. The monoisotopic (exact) mass is 445 g/mol. The van der Waals surface area contributed by atoms with Crippen molar-refractivity contribution in [2.24, 2.45) is 5.92 Å². The summed E-state index contributed by atoms with van der Waals surface area (Å²) in [6.45, 7) is 7.61. The van der Waals surface area contributed by atoms with Gasteiger partial charge in [0.2, 0.25) is 0 Å². The summed E-state index contributed by atoms with van der Waals surface area (Å²) >= 11 is 3.39. The van der Waals surface area contributed by atoms with Crippen LogP contribution in [0, 0.1) is 12.8 Å². The number of carbonyl (C=O) groups is 2. The Kier molecular flexibility index (Phi) is 5.93. The standard InChI is InChI=1S/C21H24BrN3O3/c1-12(2)19-23-18-10-7-15(22)11-17(18)21(27)25(19)24-20(26)14(4)28-16-8-5-13(3)6-9-16/h5-12,14,19,23H,1-4H3,(H,24,26). The maximum absolute atomic E-state index is 13.0. The van der Waals surface area contributed by atoms with Crippen LogP contribution in [0.25, 0.3) is 0 Å². The summed E-state index contributed by atoms with van der Waals surface area (Å²) in [7, 11) is 0. The zero-order chi connectivity index (χ0) is 20.4. The predicted molar refractivity (Wildman–Crippen MR) is 112 cm³/mol. The Morgan fingerprint density at radius 3 is 2.50 bits per heavy atom. The number of rotatable bonds is 5. The lowest BCUT2D eigenvalue weighted by molar-refractivity contribution is -0.132. The molecule has 0 bridgehead atoms. The fourth-order valence-corrected chi connectivity index (χ4v) is 3.33. The number of ether oxygens (including phenoxy) is 1. The molecule has 2 unspecified atom stereocenters. The molecule has 2 aromatic carbocycles. The third-order valence-corrected chi connectivity index (χ3v) is 5.07. The first-order valence-electron chi connectivity index (χ1n) is 9.19. The van der Waals surface area contributed by atoms with E-state index in [2.05, 4.69) is 26.7 Å². The molecule has 0 saturated carbocycles.